The Morgan fingerprint density at radius 1 is 1.28 bits per heavy atom. The maximum Gasteiger partial charge on any atom is 0.282 e. The summed E-state index contributed by atoms with van der Waals surface area (Å²) < 4.78 is 19.0. The van der Waals surface area contributed by atoms with Gasteiger partial charge in [-0.3, -0.25) is 14.9 Å². The topological polar surface area (TPSA) is 98.3 Å². The van der Waals surface area contributed by atoms with Crippen molar-refractivity contribution in [3.8, 4) is 0 Å². The number of amides is 1. The van der Waals surface area contributed by atoms with Gasteiger partial charge in [0.05, 0.1) is 4.92 Å². The summed E-state index contributed by atoms with van der Waals surface area (Å²) in [5, 5.41) is 13.5. The van der Waals surface area contributed by atoms with Gasteiger partial charge in [-0.15, -0.1) is 0 Å². The highest BCUT2D eigenvalue weighted by Crippen LogP contribution is 2.40. The molecule has 0 unspecified atom stereocenters. The summed E-state index contributed by atoms with van der Waals surface area (Å²) in [6.45, 7) is 0. The Balaban J connectivity index is 1.63. The van der Waals surface area contributed by atoms with Gasteiger partial charge in [0.1, 0.15) is 16.9 Å². The van der Waals surface area contributed by atoms with Crippen LogP contribution in [0.2, 0.25) is 0 Å². The van der Waals surface area contributed by atoms with Gasteiger partial charge in [0.2, 0.25) is 0 Å². The Morgan fingerprint density at radius 2 is 2.08 bits per heavy atom. The average Bonchev–Trinajstić information content (AvgIpc) is 3.34. The lowest BCUT2D eigenvalue weighted by Gasteiger charge is -2.06. The largest absolute Gasteiger partial charge is 0.440 e. The third-order valence-electron chi connectivity index (χ3n) is 3.99. The van der Waals surface area contributed by atoms with Crippen LogP contribution < -0.4 is 5.32 Å². The van der Waals surface area contributed by atoms with Crippen molar-refractivity contribution >= 4 is 28.4 Å². The monoisotopic (exact) mass is 341 g/mol. The molecule has 0 bridgehead atoms. The molecular weight excluding hydrogens is 329 g/mol. The maximum atomic E-state index is 13.4. The maximum absolute atomic E-state index is 13.4. The Kier molecular flexibility index (Phi) is 3.45. The van der Waals surface area contributed by atoms with Gasteiger partial charge in [-0.1, -0.05) is 0 Å². The number of nitrogens with zero attached hydrogens (tertiary/aromatic N) is 2. The Bertz CT molecular complexity index is 1010. The van der Waals surface area contributed by atoms with Crippen LogP contribution in [0.4, 0.5) is 15.8 Å². The summed E-state index contributed by atoms with van der Waals surface area (Å²) in [6, 6.07) is 7.65. The number of halogens is 1. The molecule has 1 saturated carbocycles. The number of carbonyl (C=O) groups is 1. The first-order chi connectivity index (χ1) is 12.0. The number of nitro benzene ring substituents is 1. The van der Waals surface area contributed by atoms with Gasteiger partial charge >= 0.3 is 0 Å². The molecule has 7 nitrogen and oxygen atoms in total. The fraction of sp³-hybridized carbons (Fsp3) is 0.176. The third kappa shape index (κ3) is 2.93. The molecule has 1 N–H and O–H groups in total. The highest BCUT2D eigenvalue weighted by Gasteiger charge is 2.29. The number of nitrogens with one attached hydrogen (secondary N) is 1. The van der Waals surface area contributed by atoms with Gasteiger partial charge in [-0.05, 0) is 37.1 Å². The van der Waals surface area contributed by atoms with Gasteiger partial charge in [0.25, 0.3) is 11.6 Å². The van der Waals surface area contributed by atoms with E-state index in [9.17, 15) is 19.3 Å². The van der Waals surface area contributed by atoms with Gasteiger partial charge in [0.15, 0.2) is 11.5 Å². The minimum atomic E-state index is -0.771. The number of carbonyl (C=O) groups excluding carboxylic acids is 1. The first-order valence-electron chi connectivity index (χ1n) is 7.67. The summed E-state index contributed by atoms with van der Waals surface area (Å²) in [7, 11) is 0. The number of hydrogen-bond donors (Lipinski definition) is 1. The predicted molar refractivity (Wildman–Crippen MR) is 87.0 cm³/mol. The van der Waals surface area contributed by atoms with Crippen molar-refractivity contribution in [1.29, 1.82) is 0 Å². The van der Waals surface area contributed by atoms with Crippen molar-refractivity contribution in [3.05, 3.63) is 63.8 Å². The molecule has 8 heteroatoms. The molecule has 0 spiro atoms. The number of anilines is 1. The lowest BCUT2D eigenvalue weighted by molar-refractivity contribution is -0.385. The molecule has 1 aromatic heterocycles. The number of benzene rings is 2. The fourth-order valence-corrected chi connectivity index (χ4v) is 2.57. The molecule has 1 aliphatic rings. The molecule has 126 valence electrons. The summed E-state index contributed by atoms with van der Waals surface area (Å²) in [6.07, 6.45) is 2.11. The fourth-order valence-electron chi connectivity index (χ4n) is 2.57. The number of fused-ring (bicyclic) bond motifs is 1. The first-order valence-corrected chi connectivity index (χ1v) is 7.67. The predicted octanol–water partition coefficient (Wildman–Crippen LogP) is 4.00. The molecule has 2 aromatic carbocycles. The minimum Gasteiger partial charge on any atom is -0.440 e. The summed E-state index contributed by atoms with van der Waals surface area (Å²) in [5.74, 6) is -0.456. The van der Waals surface area contributed by atoms with Crippen LogP contribution in [0.15, 0.2) is 40.8 Å². The van der Waals surface area contributed by atoms with Crippen LogP contribution in [0.3, 0.4) is 0 Å². The van der Waals surface area contributed by atoms with Gasteiger partial charge < -0.3 is 9.73 Å². The lowest BCUT2D eigenvalue weighted by Crippen LogP contribution is -2.14. The van der Waals surface area contributed by atoms with E-state index in [4.69, 9.17) is 4.42 Å². The van der Waals surface area contributed by atoms with Gasteiger partial charge in [0, 0.05) is 23.7 Å². The number of nitro groups is 1. The van der Waals surface area contributed by atoms with E-state index >= 15 is 0 Å². The van der Waals surface area contributed by atoms with Gasteiger partial charge in [-0.25, -0.2) is 9.37 Å². The van der Waals surface area contributed by atoms with E-state index in [0.717, 1.165) is 31.0 Å². The third-order valence-corrected chi connectivity index (χ3v) is 3.99. The number of oxazole rings is 1. The quantitative estimate of drug-likeness (QED) is 0.571. The van der Waals surface area contributed by atoms with Crippen molar-refractivity contribution in [3.63, 3.8) is 0 Å². The molecule has 1 amide bonds. The van der Waals surface area contributed by atoms with Crippen LogP contribution >= 0.6 is 0 Å². The zero-order valence-corrected chi connectivity index (χ0v) is 12.9. The highest BCUT2D eigenvalue weighted by atomic mass is 19.1. The van der Waals surface area contributed by atoms with E-state index in [1.54, 1.807) is 18.2 Å². The molecule has 25 heavy (non-hydrogen) atoms. The first kappa shape index (κ1) is 15.3. The molecule has 0 saturated heterocycles. The van der Waals surface area contributed by atoms with Crippen LogP contribution in [-0.2, 0) is 0 Å². The van der Waals surface area contributed by atoms with Crippen LogP contribution in [0.1, 0.15) is 35.0 Å². The highest BCUT2D eigenvalue weighted by molar-refractivity contribution is 6.07. The van der Waals surface area contributed by atoms with Crippen LogP contribution in [0, 0.1) is 15.9 Å². The molecule has 1 fully saturated rings. The Labute approximate surface area is 140 Å². The van der Waals surface area contributed by atoms with E-state index in [1.807, 2.05) is 0 Å². The second kappa shape index (κ2) is 5.66. The summed E-state index contributed by atoms with van der Waals surface area (Å²) in [4.78, 5) is 27.0. The second-order valence-electron chi connectivity index (χ2n) is 5.88. The number of hydrogen-bond acceptors (Lipinski definition) is 5. The summed E-state index contributed by atoms with van der Waals surface area (Å²) in [5.41, 5.74) is 0.775. The standard InChI is InChI=1S/C17H12FN3O4/c18-10-3-6-14(21(23)24)12(7-10)16(22)19-11-4-5-13-15(8-11)25-17(20-13)9-1-2-9/h3-9H,1-2H2,(H,19,22). The molecule has 0 aliphatic heterocycles. The van der Waals surface area contributed by atoms with Crippen molar-refractivity contribution in [2.75, 3.05) is 5.32 Å². The zero-order valence-electron chi connectivity index (χ0n) is 12.9. The minimum absolute atomic E-state index is 0.346. The molecule has 3 aromatic rings. The second-order valence-corrected chi connectivity index (χ2v) is 5.88. The van der Waals surface area contributed by atoms with Crippen molar-refractivity contribution in [2.45, 2.75) is 18.8 Å². The van der Waals surface area contributed by atoms with Crippen molar-refractivity contribution < 1.29 is 18.5 Å². The molecule has 4 rings (SSSR count). The summed E-state index contributed by atoms with van der Waals surface area (Å²) >= 11 is 0. The van der Waals surface area contributed by atoms with Gasteiger partial charge in [-0.2, -0.15) is 0 Å². The molecule has 1 aliphatic carbocycles. The zero-order chi connectivity index (χ0) is 17.6. The van der Waals surface area contributed by atoms with Crippen molar-refractivity contribution in [2.24, 2.45) is 0 Å². The van der Waals surface area contributed by atoms with E-state index < -0.39 is 22.3 Å². The molecular formula is C17H12FN3O4. The lowest BCUT2D eigenvalue weighted by atomic mass is 10.1. The van der Waals surface area contributed by atoms with E-state index in [-0.39, 0.29) is 5.56 Å². The van der Waals surface area contributed by atoms with E-state index in [2.05, 4.69) is 10.3 Å². The van der Waals surface area contributed by atoms with Crippen LogP contribution in [0.25, 0.3) is 11.1 Å². The smallest absolute Gasteiger partial charge is 0.282 e. The van der Waals surface area contributed by atoms with Crippen molar-refractivity contribution in [1.82, 2.24) is 4.98 Å². The Hall–Kier alpha value is -3.29. The van der Waals surface area contributed by atoms with Crippen LogP contribution in [0.5, 0.6) is 0 Å². The number of aromatic nitrogens is 1. The Morgan fingerprint density at radius 3 is 2.80 bits per heavy atom. The van der Waals surface area contributed by atoms with E-state index in [1.165, 1.54) is 0 Å². The number of rotatable bonds is 4. The van der Waals surface area contributed by atoms with Crippen LogP contribution in [-0.4, -0.2) is 15.8 Å². The SMILES string of the molecule is O=C(Nc1ccc2nc(C3CC3)oc2c1)c1cc(F)ccc1[N+](=O)[O-]. The van der Waals surface area contributed by atoms with E-state index in [0.29, 0.717) is 28.6 Å². The normalized spacial score (nSPS) is 13.8. The molecule has 0 radical (unpaired) electrons. The average molecular weight is 341 g/mol. The molecule has 0 atom stereocenters. The molecule has 1 heterocycles.